The average molecular weight is 684 g/mol. The Bertz CT molecular complexity index is 658. The molecule has 0 saturated heterocycles. The monoisotopic (exact) mass is 683 g/mol. The highest BCUT2D eigenvalue weighted by atomic mass is 16.6. The Balaban J connectivity index is 4.50. The molecule has 0 aliphatic heterocycles. The Labute approximate surface area is 268 Å². The second-order valence-corrected chi connectivity index (χ2v) is 10.5. The summed E-state index contributed by atoms with van der Waals surface area (Å²) in [5.74, 6) is 0. The van der Waals surface area contributed by atoms with Gasteiger partial charge in [-0.25, -0.2) is 0 Å². The minimum atomic E-state index is -1.10. The van der Waals surface area contributed by atoms with Gasteiger partial charge in [-0.05, 0) is 0 Å². The van der Waals surface area contributed by atoms with Crippen molar-refractivity contribution in [2.75, 3.05) is 119 Å². The SMILES string of the molecule is NCC(O)COCC(O)COCC(O)COCC(COCC(O)COCC(O)CO)OCC(O)COCC(O)COCC(O)CO. The number of nitrogens with two attached hydrogens (primary N) is 1. The van der Waals surface area contributed by atoms with Crippen molar-refractivity contribution < 1.29 is 89.0 Å². The number of hydrogen-bond acceptors (Lipinski definition) is 19. The smallest absolute Gasteiger partial charge is 0.104 e. The standard InChI is InChI=1S/C27H57NO18/c28-1-19(31)4-39-7-22(34)10-42-12-25(37)14-45-18-27(17-44-13-24(36)9-41-6-21(33)3-30)46-16-26(38)15-43-11-23(35)8-40-5-20(32)2-29/h19-27,29-38H,1-18,28H2. The molecule has 0 radical (unpaired) electrons. The minimum Gasteiger partial charge on any atom is -0.394 e. The van der Waals surface area contributed by atoms with Crippen molar-refractivity contribution in [3.8, 4) is 0 Å². The Morgan fingerprint density at radius 1 is 0.326 bits per heavy atom. The van der Waals surface area contributed by atoms with E-state index in [0.29, 0.717) is 0 Å². The van der Waals surface area contributed by atoms with Crippen LogP contribution in [0.5, 0.6) is 0 Å². The van der Waals surface area contributed by atoms with Gasteiger partial charge in [0.15, 0.2) is 0 Å². The average Bonchev–Trinajstić information content (AvgIpc) is 3.02. The molecule has 0 aliphatic carbocycles. The first-order chi connectivity index (χ1) is 22.0. The van der Waals surface area contributed by atoms with E-state index in [0.717, 1.165) is 0 Å². The quantitative estimate of drug-likeness (QED) is 0.0300. The molecule has 278 valence electrons. The van der Waals surface area contributed by atoms with Gasteiger partial charge in [0.05, 0.1) is 118 Å². The zero-order chi connectivity index (χ0) is 34.6. The van der Waals surface area contributed by atoms with Gasteiger partial charge in [0.1, 0.15) is 48.8 Å². The van der Waals surface area contributed by atoms with E-state index in [4.69, 9.17) is 53.8 Å². The molecule has 19 nitrogen and oxygen atoms in total. The van der Waals surface area contributed by atoms with Crippen LogP contribution < -0.4 is 5.73 Å². The van der Waals surface area contributed by atoms with E-state index in [-0.39, 0.29) is 106 Å². The van der Waals surface area contributed by atoms with E-state index in [1.54, 1.807) is 0 Å². The third kappa shape index (κ3) is 28.3. The van der Waals surface area contributed by atoms with Crippen molar-refractivity contribution >= 4 is 0 Å². The first-order valence-corrected chi connectivity index (χ1v) is 15.0. The summed E-state index contributed by atoms with van der Waals surface area (Å²) in [7, 11) is 0. The summed E-state index contributed by atoms with van der Waals surface area (Å²) >= 11 is 0. The molecule has 0 aliphatic rings. The van der Waals surface area contributed by atoms with Crippen LogP contribution in [0.15, 0.2) is 0 Å². The lowest BCUT2D eigenvalue weighted by atomic mass is 10.3. The van der Waals surface area contributed by atoms with Crippen molar-refractivity contribution in [3.63, 3.8) is 0 Å². The third-order valence-corrected chi connectivity index (χ3v) is 5.55. The van der Waals surface area contributed by atoms with Crippen LogP contribution in [0.1, 0.15) is 0 Å². The van der Waals surface area contributed by atoms with Crippen molar-refractivity contribution in [2.24, 2.45) is 5.73 Å². The molecular weight excluding hydrogens is 626 g/mol. The molecule has 0 bridgehead atoms. The zero-order valence-corrected chi connectivity index (χ0v) is 26.2. The molecule has 0 amide bonds. The maximum Gasteiger partial charge on any atom is 0.104 e. The molecular formula is C27H57NO18. The van der Waals surface area contributed by atoms with Gasteiger partial charge in [-0.15, -0.1) is 0 Å². The Morgan fingerprint density at radius 2 is 0.565 bits per heavy atom. The highest BCUT2D eigenvalue weighted by Gasteiger charge is 2.17. The van der Waals surface area contributed by atoms with Gasteiger partial charge in [0.25, 0.3) is 0 Å². The van der Waals surface area contributed by atoms with E-state index < -0.39 is 68.1 Å². The highest BCUT2D eigenvalue weighted by Crippen LogP contribution is 2.02. The topological polar surface area (TPSA) is 302 Å². The molecule has 0 aromatic rings. The fourth-order valence-electron chi connectivity index (χ4n) is 3.18. The van der Waals surface area contributed by atoms with Gasteiger partial charge in [0, 0.05) is 6.54 Å². The fourth-order valence-corrected chi connectivity index (χ4v) is 3.18. The molecule has 0 spiro atoms. The number of aliphatic hydroxyl groups excluding tert-OH is 10. The van der Waals surface area contributed by atoms with Gasteiger partial charge in [-0.1, -0.05) is 0 Å². The minimum absolute atomic E-state index is 0.0275. The maximum absolute atomic E-state index is 10.2. The number of aliphatic hydroxyl groups is 10. The second-order valence-electron chi connectivity index (χ2n) is 10.5. The first-order valence-electron chi connectivity index (χ1n) is 15.0. The van der Waals surface area contributed by atoms with Gasteiger partial charge < -0.3 is 94.7 Å². The summed E-state index contributed by atoms with van der Waals surface area (Å²) in [4.78, 5) is 0. The van der Waals surface area contributed by atoms with Crippen molar-refractivity contribution in [2.45, 2.75) is 54.9 Å². The maximum atomic E-state index is 10.2. The highest BCUT2D eigenvalue weighted by molar-refractivity contribution is 4.64. The van der Waals surface area contributed by atoms with Gasteiger partial charge in [0.2, 0.25) is 0 Å². The van der Waals surface area contributed by atoms with Gasteiger partial charge in [-0.3, -0.25) is 0 Å². The molecule has 9 unspecified atom stereocenters. The Morgan fingerprint density at radius 3 is 0.848 bits per heavy atom. The molecule has 0 rings (SSSR count). The summed E-state index contributed by atoms with van der Waals surface area (Å²) in [6.45, 7) is -3.02. The zero-order valence-electron chi connectivity index (χ0n) is 26.2. The van der Waals surface area contributed by atoms with E-state index in [1.165, 1.54) is 0 Å². The third-order valence-electron chi connectivity index (χ3n) is 5.55. The van der Waals surface area contributed by atoms with Gasteiger partial charge in [-0.2, -0.15) is 0 Å². The summed E-state index contributed by atoms with van der Waals surface area (Å²) in [5, 5.41) is 95.4. The number of ether oxygens (including phenoxy) is 8. The van der Waals surface area contributed by atoms with Crippen LogP contribution in [0.4, 0.5) is 0 Å². The van der Waals surface area contributed by atoms with Crippen molar-refractivity contribution in [1.82, 2.24) is 0 Å². The van der Waals surface area contributed by atoms with Crippen LogP contribution in [0, 0.1) is 0 Å². The van der Waals surface area contributed by atoms with E-state index >= 15 is 0 Å². The first kappa shape index (κ1) is 45.2. The summed E-state index contributed by atoms with van der Waals surface area (Å²) in [5.41, 5.74) is 5.27. The van der Waals surface area contributed by atoms with Crippen LogP contribution in [0.2, 0.25) is 0 Å². The van der Waals surface area contributed by atoms with E-state index in [1.807, 2.05) is 0 Å². The lowest BCUT2D eigenvalue weighted by Gasteiger charge is -2.22. The molecule has 19 heteroatoms. The molecule has 0 fully saturated rings. The van der Waals surface area contributed by atoms with Crippen LogP contribution in [0.25, 0.3) is 0 Å². The summed E-state index contributed by atoms with van der Waals surface area (Å²) in [6.07, 6.45) is -8.91. The van der Waals surface area contributed by atoms with Crippen molar-refractivity contribution in [1.29, 1.82) is 0 Å². The molecule has 0 saturated carbocycles. The Kier molecular flexibility index (Phi) is 29.8. The normalized spacial score (nSPS) is 18.1. The van der Waals surface area contributed by atoms with E-state index in [9.17, 15) is 40.9 Å². The predicted molar refractivity (Wildman–Crippen MR) is 157 cm³/mol. The summed E-state index contributed by atoms with van der Waals surface area (Å²) < 4.78 is 42.3. The van der Waals surface area contributed by atoms with Gasteiger partial charge >= 0.3 is 0 Å². The van der Waals surface area contributed by atoms with Crippen LogP contribution >= 0.6 is 0 Å². The van der Waals surface area contributed by atoms with Crippen LogP contribution in [0.3, 0.4) is 0 Å². The number of rotatable bonds is 34. The van der Waals surface area contributed by atoms with Crippen LogP contribution in [-0.2, 0) is 37.9 Å². The van der Waals surface area contributed by atoms with Crippen LogP contribution in [-0.4, -0.2) is 225 Å². The fraction of sp³-hybridized carbons (Fsp3) is 1.00. The molecule has 46 heavy (non-hydrogen) atoms. The predicted octanol–water partition coefficient (Wildman–Crippen LogP) is -6.68. The lowest BCUT2D eigenvalue weighted by molar-refractivity contribution is -0.117. The lowest BCUT2D eigenvalue weighted by Crippen LogP contribution is -2.35. The second kappa shape index (κ2) is 30.3. The molecule has 9 atom stereocenters. The molecule has 0 aromatic heterocycles. The molecule has 0 heterocycles. The Hall–Kier alpha value is -0.760. The largest absolute Gasteiger partial charge is 0.394 e. The van der Waals surface area contributed by atoms with Crippen molar-refractivity contribution in [3.05, 3.63) is 0 Å². The summed E-state index contributed by atoms with van der Waals surface area (Å²) in [6, 6.07) is 0. The molecule has 0 aromatic carbocycles. The molecule has 12 N–H and O–H groups in total. The number of hydrogen-bond donors (Lipinski definition) is 11. The van der Waals surface area contributed by atoms with E-state index in [2.05, 4.69) is 0 Å².